The molecule has 3 aromatic rings. The maximum Gasteiger partial charge on any atom is 0.235 e. The molecule has 0 heterocycles. The molecule has 2 amide bonds. The van der Waals surface area contributed by atoms with Gasteiger partial charge in [-0.25, -0.2) is 0 Å². The quantitative estimate of drug-likeness (QED) is 0.260. The number of rotatable bonds is 10. The van der Waals surface area contributed by atoms with Crippen LogP contribution < -0.4 is 20.1 Å². The SMILES string of the molecule is CCOc1ccccc1NC(=O)C1C(=O)CC(C)(O)C(C(=O)Nc2ccccc2OCC)C1c1ccc(C(C)C)cc1. The lowest BCUT2D eigenvalue weighted by molar-refractivity contribution is -0.150. The molecule has 0 radical (unpaired) electrons. The van der Waals surface area contributed by atoms with Crippen molar-refractivity contribution in [1.29, 1.82) is 0 Å². The monoisotopic (exact) mass is 572 g/mol. The highest BCUT2D eigenvalue weighted by Gasteiger charge is 2.56. The Kier molecular flexibility index (Phi) is 9.68. The van der Waals surface area contributed by atoms with E-state index in [1.54, 1.807) is 48.5 Å². The largest absolute Gasteiger partial charge is 0.492 e. The van der Waals surface area contributed by atoms with Crippen LogP contribution in [0.25, 0.3) is 0 Å². The van der Waals surface area contributed by atoms with Crippen LogP contribution in [0.2, 0.25) is 0 Å². The third-order valence-electron chi connectivity index (χ3n) is 7.71. The maximum atomic E-state index is 14.1. The Morgan fingerprint density at radius 3 is 1.86 bits per heavy atom. The Labute approximate surface area is 247 Å². The Bertz CT molecular complexity index is 1420. The fourth-order valence-corrected chi connectivity index (χ4v) is 5.72. The first kappa shape index (κ1) is 30.8. The van der Waals surface area contributed by atoms with Gasteiger partial charge in [0.2, 0.25) is 11.8 Å². The molecule has 1 fully saturated rings. The van der Waals surface area contributed by atoms with Crippen molar-refractivity contribution in [3.05, 3.63) is 83.9 Å². The van der Waals surface area contributed by atoms with Crippen molar-refractivity contribution in [2.75, 3.05) is 23.8 Å². The van der Waals surface area contributed by atoms with Gasteiger partial charge in [-0.05, 0) is 62.1 Å². The number of ether oxygens (including phenoxy) is 2. The minimum atomic E-state index is -1.72. The second-order valence-electron chi connectivity index (χ2n) is 11.1. The third-order valence-corrected chi connectivity index (χ3v) is 7.71. The van der Waals surface area contributed by atoms with Crippen molar-refractivity contribution in [3.63, 3.8) is 0 Å². The molecule has 0 saturated heterocycles. The second-order valence-corrected chi connectivity index (χ2v) is 11.1. The number of ketones is 1. The molecule has 0 aromatic heterocycles. The molecule has 1 aliphatic carbocycles. The first-order valence-corrected chi connectivity index (χ1v) is 14.5. The van der Waals surface area contributed by atoms with E-state index in [-0.39, 0.29) is 12.3 Å². The van der Waals surface area contributed by atoms with Crippen molar-refractivity contribution in [3.8, 4) is 11.5 Å². The molecule has 1 saturated carbocycles. The zero-order valence-electron chi connectivity index (χ0n) is 24.8. The van der Waals surface area contributed by atoms with E-state index in [9.17, 15) is 19.5 Å². The number of Topliss-reactive ketones (excluding diaryl/α,β-unsaturated/α-hetero) is 1. The summed E-state index contributed by atoms with van der Waals surface area (Å²) in [6, 6.07) is 21.6. The summed E-state index contributed by atoms with van der Waals surface area (Å²) >= 11 is 0. The van der Waals surface area contributed by atoms with Crippen LogP contribution in [0, 0.1) is 11.8 Å². The summed E-state index contributed by atoms with van der Waals surface area (Å²) in [4.78, 5) is 41.7. The normalized spacial score (nSPS) is 22.0. The van der Waals surface area contributed by atoms with Crippen LogP contribution in [0.4, 0.5) is 11.4 Å². The standard InChI is InChI=1S/C34H40N2O6/c1-6-41-27-14-10-8-12-24(27)35-32(38)30-26(37)20-34(5,40)31(29(30)23-18-16-22(17-19-23)21(3)4)33(39)36-25-13-9-11-15-28(25)42-7-2/h8-19,21,29-31,40H,6-7,20H2,1-5H3,(H,35,38)(H,36,39). The molecule has 8 nitrogen and oxygen atoms in total. The first-order chi connectivity index (χ1) is 20.1. The van der Waals surface area contributed by atoms with Gasteiger partial charge in [0.05, 0.1) is 36.1 Å². The lowest BCUT2D eigenvalue weighted by atomic mass is 9.61. The van der Waals surface area contributed by atoms with Crippen LogP contribution in [0.15, 0.2) is 72.8 Å². The number of nitrogens with one attached hydrogen (secondary N) is 2. The predicted octanol–water partition coefficient (Wildman–Crippen LogP) is 5.92. The van der Waals surface area contributed by atoms with E-state index in [1.807, 2.05) is 38.1 Å². The molecular formula is C34H40N2O6. The summed E-state index contributed by atoms with van der Waals surface area (Å²) in [7, 11) is 0. The van der Waals surface area contributed by atoms with E-state index in [0.717, 1.165) is 5.56 Å². The van der Waals surface area contributed by atoms with Gasteiger partial charge in [-0.15, -0.1) is 0 Å². The fraction of sp³-hybridized carbons (Fsp3) is 0.382. The van der Waals surface area contributed by atoms with Crippen molar-refractivity contribution < 1.29 is 29.0 Å². The molecule has 0 spiro atoms. The summed E-state index contributed by atoms with van der Waals surface area (Å²) < 4.78 is 11.4. The summed E-state index contributed by atoms with van der Waals surface area (Å²) in [6.45, 7) is 10.1. The third kappa shape index (κ3) is 6.65. The highest BCUT2D eigenvalue weighted by atomic mass is 16.5. The highest BCUT2D eigenvalue weighted by Crippen LogP contribution is 2.47. The van der Waals surface area contributed by atoms with Crippen LogP contribution in [-0.2, 0) is 14.4 Å². The number of carbonyl (C=O) groups is 3. The molecule has 42 heavy (non-hydrogen) atoms. The summed E-state index contributed by atoms with van der Waals surface area (Å²) in [6.07, 6.45) is -0.357. The highest BCUT2D eigenvalue weighted by molar-refractivity contribution is 6.11. The molecule has 3 N–H and O–H groups in total. The topological polar surface area (TPSA) is 114 Å². The predicted molar refractivity (Wildman–Crippen MR) is 163 cm³/mol. The van der Waals surface area contributed by atoms with Crippen molar-refractivity contribution in [1.82, 2.24) is 0 Å². The molecule has 1 aliphatic rings. The van der Waals surface area contributed by atoms with Crippen molar-refractivity contribution >= 4 is 29.0 Å². The number of para-hydroxylation sites is 4. The van der Waals surface area contributed by atoms with Gasteiger partial charge in [-0.2, -0.15) is 0 Å². The van der Waals surface area contributed by atoms with Crippen LogP contribution in [-0.4, -0.2) is 41.5 Å². The Hall–Kier alpha value is -4.17. The number of hydrogen-bond acceptors (Lipinski definition) is 6. The molecule has 4 rings (SSSR count). The van der Waals surface area contributed by atoms with Gasteiger partial charge in [-0.1, -0.05) is 62.4 Å². The lowest BCUT2D eigenvalue weighted by Crippen LogP contribution is -2.56. The zero-order chi connectivity index (χ0) is 30.4. The lowest BCUT2D eigenvalue weighted by Gasteiger charge is -2.44. The fourth-order valence-electron chi connectivity index (χ4n) is 5.72. The van der Waals surface area contributed by atoms with Gasteiger partial charge < -0.3 is 25.2 Å². The van der Waals surface area contributed by atoms with E-state index >= 15 is 0 Å². The minimum absolute atomic E-state index is 0.262. The smallest absolute Gasteiger partial charge is 0.235 e. The van der Waals surface area contributed by atoms with E-state index in [2.05, 4.69) is 24.5 Å². The summed E-state index contributed by atoms with van der Waals surface area (Å²) in [5.74, 6) is -3.60. The van der Waals surface area contributed by atoms with E-state index in [1.165, 1.54) is 6.92 Å². The van der Waals surface area contributed by atoms with Crippen LogP contribution in [0.5, 0.6) is 11.5 Å². The van der Waals surface area contributed by atoms with Crippen molar-refractivity contribution in [2.24, 2.45) is 11.8 Å². The first-order valence-electron chi connectivity index (χ1n) is 14.5. The van der Waals surface area contributed by atoms with Gasteiger partial charge in [0.1, 0.15) is 23.2 Å². The van der Waals surface area contributed by atoms with E-state index in [0.29, 0.717) is 41.7 Å². The average molecular weight is 573 g/mol. The summed E-state index contributed by atoms with van der Waals surface area (Å²) in [5.41, 5.74) is 0.839. The average Bonchev–Trinajstić information content (AvgIpc) is 2.94. The Morgan fingerprint density at radius 1 is 0.857 bits per heavy atom. The number of carbonyl (C=O) groups excluding carboxylic acids is 3. The molecule has 4 atom stereocenters. The minimum Gasteiger partial charge on any atom is -0.492 e. The number of benzene rings is 3. The number of amides is 2. The molecular weight excluding hydrogens is 532 g/mol. The van der Waals surface area contributed by atoms with Crippen LogP contribution >= 0.6 is 0 Å². The Morgan fingerprint density at radius 2 is 1.36 bits per heavy atom. The van der Waals surface area contributed by atoms with E-state index in [4.69, 9.17) is 9.47 Å². The van der Waals surface area contributed by atoms with Gasteiger partial charge in [-0.3, -0.25) is 14.4 Å². The Balaban J connectivity index is 1.78. The van der Waals surface area contributed by atoms with Gasteiger partial charge in [0, 0.05) is 12.3 Å². The molecule has 222 valence electrons. The summed E-state index contributed by atoms with van der Waals surface area (Å²) in [5, 5.41) is 17.4. The molecule has 3 aromatic carbocycles. The van der Waals surface area contributed by atoms with Crippen molar-refractivity contribution in [2.45, 2.75) is 58.5 Å². The number of aliphatic hydroxyl groups is 1. The number of anilines is 2. The molecule has 0 bridgehead atoms. The molecule has 8 heteroatoms. The van der Waals surface area contributed by atoms with Gasteiger partial charge >= 0.3 is 0 Å². The zero-order valence-corrected chi connectivity index (χ0v) is 24.8. The van der Waals surface area contributed by atoms with Gasteiger partial charge in [0.15, 0.2) is 0 Å². The maximum absolute atomic E-state index is 14.1. The number of hydrogen-bond donors (Lipinski definition) is 3. The van der Waals surface area contributed by atoms with Crippen LogP contribution in [0.3, 0.4) is 0 Å². The van der Waals surface area contributed by atoms with Gasteiger partial charge in [0.25, 0.3) is 0 Å². The van der Waals surface area contributed by atoms with E-state index < -0.39 is 41.0 Å². The second kappa shape index (κ2) is 13.2. The van der Waals surface area contributed by atoms with Crippen LogP contribution in [0.1, 0.15) is 64.0 Å². The molecule has 0 aliphatic heterocycles. The molecule has 4 unspecified atom stereocenters.